The van der Waals surface area contributed by atoms with Crippen molar-refractivity contribution < 1.29 is 85.3 Å². The van der Waals surface area contributed by atoms with E-state index in [1.54, 1.807) is 24.6 Å². The van der Waals surface area contributed by atoms with Crippen LogP contribution in [-0.2, 0) is 78.0 Å². The molecular weight excluding hydrogens is 1130 g/mol. The minimum atomic E-state index is -0.985. The summed E-state index contributed by atoms with van der Waals surface area (Å²) in [5, 5.41) is 21.1. The summed E-state index contributed by atoms with van der Waals surface area (Å²) in [5.74, 6) is -4.40. The normalized spacial score (nSPS) is 13.5. The van der Waals surface area contributed by atoms with Gasteiger partial charge in [-0.2, -0.15) is 0 Å². The van der Waals surface area contributed by atoms with Gasteiger partial charge in [-0.15, -0.1) is 0 Å². The number of carbonyl (C=O) groups is 7. The Balaban J connectivity index is 0.999. The third-order valence-electron chi connectivity index (χ3n) is 13.0. The number of imide groups is 1. The van der Waals surface area contributed by atoms with Crippen molar-refractivity contribution in [2.24, 2.45) is 11.3 Å². The lowest BCUT2D eigenvalue weighted by Gasteiger charge is -2.40. The number of amides is 7. The van der Waals surface area contributed by atoms with E-state index in [2.05, 4.69) is 21.3 Å². The van der Waals surface area contributed by atoms with E-state index in [1.165, 1.54) is 24.0 Å². The maximum Gasteiger partial charge on any atom is 0.253 e. The van der Waals surface area contributed by atoms with Crippen molar-refractivity contribution in [3.8, 4) is 11.3 Å². The number of hydrogen-bond acceptors (Lipinski definition) is 17. The molecule has 4 rings (SSSR count). The van der Waals surface area contributed by atoms with E-state index < -0.39 is 77.2 Å². The van der Waals surface area contributed by atoms with Gasteiger partial charge in [-0.3, -0.25) is 38.5 Å². The molecule has 86 heavy (non-hydrogen) atoms. The molecule has 24 nitrogen and oxygen atoms in total. The predicted octanol–water partition coefficient (Wildman–Crippen LogP) is 2.89. The largest absolute Gasteiger partial charge is 0.387 e. The predicted molar refractivity (Wildman–Crippen MR) is 311 cm³/mol. The van der Waals surface area contributed by atoms with Crippen LogP contribution in [0, 0.1) is 23.0 Å². The fraction of sp³-hybridized carbons (Fsp3) is 0.600. The molecule has 1 aliphatic heterocycles. The van der Waals surface area contributed by atoms with Crippen LogP contribution >= 0.6 is 0 Å². The number of rotatable bonds is 45. The quantitative estimate of drug-likeness (QED) is 0.0402. The Morgan fingerprint density at radius 1 is 0.651 bits per heavy atom. The molecule has 7 amide bonds. The second kappa shape index (κ2) is 40.0. The van der Waals surface area contributed by atoms with Gasteiger partial charge in [0.1, 0.15) is 36.1 Å². The first-order valence-corrected chi connectivity index (χ1v) is 29.1. The number of halogens is 2. The van der Waals surface area contributed by atoms with Crippen LogP contribution in [0.5, 0.6) is 0 Å². The molecule has 478 valence electrons. The summed E-state index contributed by atoms with van der Waals surface area (Å²) in [5.41, 5.74) is 0.324. The lowest BCUT2D eigenvalue weighted by Crippen LogP contribution is -2.54. The maximum absolute atomic E-state index is 15.1. The second-order valence-electron chi connectivity index (χ2n) is 21.3. The fourth-order valence-electron chi connectivity index (χ4n) is 8.65. The Morgan fingerprint density at radius 2 is 1.19 bits per heavy atom. The van der Waals surface area contributed by atoms with Crippen molar-refractivity contribution in [3.63, 3.8) is 0 Å². The van der Waals surface area contributed by atoms with Crippen LogP contribution in [0.1, 0.15) is 78.2 Å². The first-order valence-electron chi connectivity index (χ1n) is 29.1. The number of aliphatic hydroxyl groups excluding tert-OH is 1. The number of imidazole rings is 1. The number of nitrogens with zero attached hydrogens (tertiary/aromatic N) is 4. The highest BCUT2D eigenvalue weighted by Crippen LogP contribution is 2.39. The molecule has 26 heteroatoms. The Bertz CT molecular complexity index is 2570. The topological polar surface area (TPSA) is 286 Å². The number of benzene rings is 2. The van der Waals surface area contributed by atoms with Crippen molar-refractivity contribution >= 4 is 41.4 Å². The smallest absolute Gasteiger partial charge is 0.253 e. The van der Waals surface area contributed by atoms with Crippen LogP contribution in [0.15, 0.2) is 66.9 Å². The Hall–Kier alpha value is -6.62. The van der Waals surface area contributed by atoms with Crippen LogP contribution in [0.2, 0.25) is 0 Å². The molecule has 3 atom stereocenters. The lowest BCUT2D eigenvalue weighted by molar-refractivity contribution is -0.140. The van der Waals surface area contributed by atoms with Crippen LogP contribution in [0.25, 0.3) is 11.3 Å². The molecule has 3 aromatic rings. The van der Waals surface area contributed by atoms with Crippen LogP contribution in [-0.4, -0.2) is 216 Å². The van der Waals surface area contributed by atoms with Gasteiger partial charge in [-0.1, -0.05) is 65.0 Å². The number of aliphatic hydroxyl groups is 1. The van der Waals surface area contributed by atoms with Gasteiger partial charge in [0.15, 0.2) is 0 Å². The minimum absolute atomic E-state index is 0.0121. The van der Waals surface area contributed by atoms with E-state index in [4.69, 9.17) is 42.9 Å². The molecule has 2 heterocycles. The van der Waals surface area contributed by atoms with Gasteiger partial charge in [0.25, 0.3) is 11.8 Å². The first-order chi connectivity index (χ1) is 41.3. The standard InChI is InChI=1S/C60H88F2N8O16/c1-43(2)55(67-51(73)18-23-79-25-27-81-29-31-83-33-35-85-37-38-86-36-34-84-32-30-82-28-26-80-24-20-63-50(72)17-22-69-52(74)15-16-53(69)75)59(78)65-44(3)58(77)64-19-10-21-70(54(76)42-71)56(60(4,5)6)57-66-49(47-39-46(61)13-14-48(47)62)41-68(57)40-45-11-8-7-9-12-45/h7-9,11-16,39,41,43-44,55-56,71H,10,17-38,40,42H2,1-6H3,(H,63,72)(H,64,77)(H,65,78)(H,67,73)/t44-,55?,56-/m0/s1. The molecule has 1 aromatic heterocycles. The molecule has 5 N–H and O–H groups in total. The molecule has 0 saturated carbocycles. The summed E-state index contributed by atoms with van der Waals surface area (Å²) in [4.78, 5) is 95.2. The summed E-state index contributed by atoms with van der Waals surface area (Å²) < 4.78 is 75.2. The van der Waals surface area contributed by atoms with Crippen molar-refractivity contribution in [2.75, 3.05) is 138 Å². The van der Waals surface area contributed by atoms with E-state index in [9.17, 15) is 43.1 Å². The number of ether oxygens (including phenoxy) is 8. The molecule has 2 aromatic carbocycles. The molecule has 0 saturated heterocycles. The van der Waals surface area contributed by atoms with Gasteiger partial charge in [-0.25, -0.2) is 13.8 Å². The Kier molecular flexibility index (Phi) is 33.4. The zero-order valence-corrected chi connectivity index (χ0v) is 50.5. The van der Waals surface area contributed by atoms with Crippen molar-refractivity contribution in [2.45, 2.75) is 85.5 Å². The number of hydrogen-bond donors (Lipinski definition) is 5. The summed E-state index contributed by atoms with van der Waals surface area (Å²) in [6, 6.07) is 9.88. The Morgan fingerprint density at radius 3 is 1.71 bits per heavy atom. The van der Waals surface area contributed by atoms with Crippen LogP contribution in [0.3, 0.4) is 0 Å². The van der Waals surface area contributed by atoms with E-state index in [0.717, 1.165) is 28.7 Å². The summed E-state index contributed by atoms with van der Waals surface area (Å²) in [6.07, 6.45) is 4.24. The van der Waals surface area contributed by atoms with Gasteiger partial charge >= 0.3 is 0 Å². The second-order valence-corrected chi connectivity index (χ2v) is 21.3. The third-order valence-corrected chi connectivity index (χ3v) is 13.0. The van der Waals surface area contributed by atoms with Gasteiger partial charge < -0.3 is 73.7 Å². The molecule has 1 aliphatic rings. The zero-order valence-electron chi connectivity index (χ0n) is 50.5. The average molecular weight is 1220 g/mol. The lowest BCUT2D eigenvalue weighted by atomic mass is 9.84. The van der Waals surface area contributed by atoms with Gasteiger partial charge in [-0.05, 0) is 48.4 Å². The van der Waals surface area contributed by atoms with E-state index >= 15 is 4.39 Å². The molecule has 1 unspecified atom stereocenters. The van der Waals surface area contributed by atoms with E-state index in [1.807, 2.05) is 51.1 Å². The van der Waals surface area contributed by atoms with Gasteiger partial charge in [0.05, 0.1) is 117 Å². The Labute approximate surface area is 502 Å². The molecule has 0 radical (unpaired) electrons. The molecule has 0 fully saturated rings. The van der Waals surface area contributed by atoms with Gasteiger partial charge in [0.2, 0.25) is 29.5 Å². The van der Waals surface area contributed by atoms with Crippen LogP contribution < -0.4 is 21.3 Å². The third kappa shape index (κ3) is 27.0. The van der Waals surface area contributed by atoms with Crippen molar-refractivity contribution in [3.05, 3.63) is 89.9 Å². The molecule has 0 spiro atoms. The molecular formula is C60H88F2N8O16. The van der Waals surface area contributed by atoms with Crippen molar-refractivity contribution in [1.29, 1.82) is 0 Å². The first kappa shape index (κ1) is 71.9. The highest BCUT2D eigenvalue weighted by molar-refractivity contribution is 6.13. The number of carbonyl (C=O) groups excluding carboxylic acids is 7. The number of nitrogens with one attached hydrogen (secondary N) is 4. The molecule has 0 aliphatic carbocycles. The monoisotopic (exact) mass is 1210 g/mol. The van der Waals surface area contributed by atoms with Gasteiger partial charge in [0, 0.05) is 69.5 Å². The zero-order chi connectivity index (χ0) is 62.7. The van der Waals surface area contributed by atoms with Crippen molar-refractivity contribution in [1.82, 2.24) is 40.6 Å². The number of aromatic nitrogens is 2. The summed E-state index contributed by atoms with van der Waals surface area (Å²) >= 11 is 0. The highest BCUT2D eigenvalue weighted by Gasteiger charge is 2.38. The average Bonchev–Trinajstić information content (AvgIpc) is 1.83. The van der Waals surface area contributed by atoms with Crippen LogP contribution in [0.4, 0.5) is 8.78 Å². The highest BCUT2D eigenvalue weighted by atomic mass is 19.1. The summed E-state index contributed by atoms with van der Waals surface area (Å²) in [7, 11) is 0. The van der Waals surface area contributed by atoms with E-state index in [-0.39, 0.29) is 81.8 Å². The SMILES string of the molecule is CC(C)C(NC(=O)CCOCCOCCOCCOCCOCCOCCOCCOCCNC(=O)CCN1C(=O)C=CC1=O)C(=O)N[C@@H](C)C(=O)NCCCN(C(=O)CO)[C@@H](c1nc(-c2cc(F)ccc2F)cn1Cc1ccccc1)C(C)(C)C. The molecule has 0 bridgehead atoms. The maximum atomic E-state index is 15.1. The summed E-state index contributed by atoms with van der Waals surface area (Å²) in [6.45, 7) is 16.2. The minimum Gasteiger partial charge on any atom is -0.387 e. The fourth-order valence-corrected chi connectivity index (χ4v) is 8.65. The van der Waals surface area contributed by atoms with E-state index in [0.29, 0.717) is 105 Å².